The summed E-state index contributed by atoms with van der Waals surface area (Å²) in [4.78, 5) is 25.7. The van der Waals surface area contributed by atoms with Gasteiger partial charge >= 0.3 is 12.2 Å². The van der Waals surface area contributed by atoms with Crippen LogP contribution in [-0.4, -0.2) is 40.9 Å². The number of fused-ring (bicyclic) bond motifs is 1. The number of amides is 2. The molecule has 0 aliphatic heterocycles. The molecule has 4 rings (SSSR count). The van der Waals surface area contributed by atoms with Crippen molar-refractivity contribution in [3.8, 4) is 0 Å². The summed E-state index contributed by atoms with van der Waals surface area (Å²) >= 11 is 2.67. The number of benzene rings is 1. The summed E-state index contributed by atoms with van der Waals surface area (Å²) in [6, 6.07) is 5.52. The maximum Gasteiger partial charge on any atom is 0.416 e. The van der Waals surface area contributed by atoms with Crippen LogP contribution in [0.3, 0.4) is 0 Å². The molecule has 184 valence electrons. The lowest BCUT2D eigenvalue weighted by Crippen LogP contribution is -2.19. The number of urea groups is 1. The van der Waals surface area contributed by atoms with E-state index >= 15 is 0 Å². The van der Waals surface area contributed by atoms with Crippen molar-refractivity contribution >= 4 is 67.3 Å². The summed E-state index contributed by atoms with van der Waals surface area (Å²) in [7, 11) is -2.40. The number of anilines is 3. The molecule has 0 saturated carbocycles. The lowest BCUT2D eigenvalue weighted by molar-refractivity contribution is -0.137. The Bertz CT molecular complexity index is 1420. The van der Waals surface area contributed by atoms with Crippen molar-refractivity contribution in [2.24, 2.45) is 0 Å². The Hall–Kier alpha value is -3.02. The molecular formula is C21H20F3N6O2PS2. The minimum absolute atomic E-state index is 0.0219. The van der Waals surface area contributed by atoms with E-state index < -0.39 is 24.9 Å². The maximum absolute atomic E-state index is 12.8. The molecule has 3 aromatic heterocycles. The first-order valence-corrected chi connectivity index (χ1v) is 14.5. The summed E-state index contributed by atoms with van der Waals surface area (Å²) in [5.74, 6) is 0.656. The molecule has 8 nitrogen and oxygen atoms in total. The molecule has 0 saturated heterocycles. The van der Waals surface area contributed by atoms with Crippen LogP contribution >= 0.6 is 29.8 Å². The smallest absolute Gasteiger partial charge is 0.368 e. The van der Waals surface area contributed by atoms with Crippen molar-refractivity contribution in [3.05, 3.63) is 53.3 Å². The number of thiazole rings is 1. The van der Waals surface area contributed by atoms with E-state index in [1.807, 2.05) is 6.07 Å². The number of thiophene rings is 1. The van der Waals surface area contributed by atoms with Gasteiger partial charge in [-0.2, -0.15) is 13.2 Å². The highest BCUT2D eigenvalue weighted by atomic mass is 32.1. The van der Waals surface area contributed by atoms with Crippen molar-refractivity contribution in [1.29, 1.82) is 0 Å². The zero-order valence-corrected chi connectivity index (χ0v) is 21.0. The third-order valence-electron chi connectivity index (χ3n) is 4.71. The highest BCUT2D eigenvalue weighted by Crippen LogP contribution is 2.40. The minimum Gasteiger partial charge on any atom is -0.368 e. The maximum atomic E-state index is 12.8. The van der Waals surface area contributed by atoms with E-state index in [1.165, 1.54) is 41.1 Å². The van der Waals surface area contributed by atoms with Crippen LogP contribution in [0.25, 0.3) is 10.2 Å². The van der Waals surface area contributed by atoms with Gasteiger partial charge in [-0.05, 0) is 37.6 Å². The molecule has 0 atom stereocenters. The quantitative estimate of drug-likeness (QED) is 0.259. The van der Waals surface area contributed by atoms with Gasteiger partial charge in [-0.3, -0.25) is 5.32 Å². The van der Waals surface area contributed by atoms with E-state index in [0.717, 1.165) is 31.8 Å². The minimum atomic E-state index is -4.50. The molecular weight excluding hydrogens is 520 g/mol. The summed E-state index contributed by atoms with van der Waals surface area (Å²) in [5, 5.41) is 8.48. The molecule has 0 radical (unpaired) electrons. The summed E-state index contributed by atoms with van der Waals surface area (Å²) in [6.45, 7) is 3.97. The predicted molar refractivity (Wildman–Crippen MR) is 135 cm³/mol. The Morgan fingerprint density at radius 2 is 1.89 bits per heavy atom. The van der Waals surface area contributed by atoms with Crippen molar-refractivity contribution in [2.75, 3.05) is 35.8 Å². The largest absolute Gasteiger partial charge is 0.416 e. The number of nitrogens with zero attached hydrogens (tertiary/aromatic N) is 3. The zero-order chi connectivity index (χ0) is 25.2. The Morgan fingerprint density at radius 1 is 1.09 bits per heavy atom. The van der Waals surface area contributed by atoms with Crippen molar-refractivity contribution < 1.29 is 22.5 Å². The first-order valence-electron chi connectivity index (χ1n) is 10.2. The molecule has 0 unspecified atom stereocenters. The number of alkyl halides is 3. The van der Waals surface area contributed by atoms with E-state index in [-0.39, 0.29) is 5.69 Å². The summed E-state index contributed by atoms with van der Waals surface area (Å²) in [5.41, 5.74) is -0.0892. The molecule has 14 heteroatoms. The Morgan fingerprint density at radius 3 is 2.63 bits per heavy atom. The molecule has 0 aliphatic carbocycles. The Kier molecular flexibility index (Phi) is 7.11. The number of carbonyl (C=O) groups excluding carboxylic acids is 1. The number of halogens is 3. The second kappa shape index (κ2) is 9.92. The van der Waals surface area contributed by atoms with E-state index in [2.05, 4.69) is 30.9 Å². The molecule has 35 heavy (non-hydrogen) atoms. The predicted octanol–water partition coefficient (Wildman–Crippen LogP) is 5.71. The fraction of sp³-hybridized carbons (Fsp3) is 0.238. The highest BCUT2D eigenvalue weighted by molar-refractivity contribution is 7.76. The SMILES string of the molecule is CP(C)(=O)c1cc2ncnc(NCCc3cnc(NC(=O)Nc4cccc(C(F)(F)F)c4)s3)c2s1. The number of hydrogen-bond acceptors (Lipinski definition) is 8. The fourth-order valence-corrected chi connectivity index (χ4v) is 6.26. The average Bonchev–Trinajstić information content (AvgIpc) is 3.40. The molecule has 4 aromatic rings. The number of carbonyl (C=O) groups is 1. The molecule has 3 N–H and O–H groups in total. The monoisotopic (exact) mass is 540 g/mol. The lowest BCUT2D eigenvalue weighted by Gasteiger charge is -2.09. The van der Waals surface area contributed by atoms with Gasteiger partial charge in [-0.25, -0.2) is 19.7 Å². The molecule has 0 bridgehead atoms. The van der Waals surface area contributed by atoms with Gasteiger partial charge in [-0.1, -0.05) is 6.07 Å². The average molecular weight is 541 g/mol. The number of nitrogens with one attached hydrogen (secondary N) is 3. The van der Waals surface area contributed by atoms with Crippen molar-refractivity contribution in [3.63, 3.8) is 0 Å². The van der Waals surface area contributed by atoms with Crippen LogP contribution in [0.2, 0.25) is 0 Å². The normalized spacial score (nSPS) is 12.0. The standard InChI is InChI=1S/C21H20F3N6O2PS2/c1-33(2,32)16-9-15-17(35-16)18(28-11-27-15)25-7-6-14-10-26-20(34-14)30-19(31)29-13-5-3-4-12(8-13)21(22,23)24/h3-5,8-11H,6-7H2,1-2H3,(H,25,27,28)(H2,26,29,30,31). The first kappa shape index (κ1) is 25.1. The van der Waals surface area contributed by atoms with E-state index in [1.54, 1.807) is 19.5 Å². The number of rotatable bonds is 7. The van der Waals surface area contributed by atoms with Gasteiger partial charge in [-0.15, -0.1) is 22.7 Å². The second-order valence-electron chi connectivity index (χ2n) is 7.84. The topological polar surface area (TPSA) is 109 Å². The molecule has 3 heterocycles. The van der Waals surface area contributed by atoms with Gasteiger partial charge in [0.05, 0.1) is 20.4 Å². The van der Waals surface area contributed by atoms with Crippen LogP contribution in [-0.2, 0) is 17.2 Å². The summed E-state index contributed by atoms with van der Waals surface area (Å²) in [6.07, 6.45) is -0.827. The summed E-state index contributed by atoms with van der Waals surface area (Å²) < 4.78 is 52.5. The number of hydrogen-bond donors (Lipinski definition) is 3. The van der Waals surface area contributed by atoms with Crippen LogP contribution in [0.5, 0.6) is 0 Å². The van der Waals surface area contributed by atoms with Crippen LogP contribution in [0.1, 0.15) is 10.4 Å². The van der Waals surface area contributed by atoms with Crippen LogP contribution in [0.15, 0.2) is 42.9 Å². The second-order valence-corrected chi connectivity index (χ2v) is 13.5. The lowest BCUT2D eigenvalue weighted by atomic mass is 10.2. The van der Waals surface area contributed by atoms with E-state index in [0.29, 0.717) is 23.9 Å². The highest BCUT2D eigenvalue weighted by Gasteiger charge is 2.30. The van der Waals surface area contributed by atoms with Crippen LogP contribution in [0.4, 0.5) is 34.6 Å². The first-order chi connectivity index (χ1) is 16.5. The van der Waals surface area contributed by atoms with Gasteiger partial charge in [0.15, 0.2) is 5.13 Å². The molecule has 2 amide bonds. The molecule has 0 aliphatic rings. The zero-order valence-electron chi connectivity index (χ0n) is 18.5. The molecule has 0 fully saturated rings. The van der Waals surface area contributed by atoms with Gasteiger partial charge in [0.1, 0.15) is 19.3 Å². The molecule has 0 spiro atoms. The molecule has 1 aromatic carbocycles. The van der Waals surface area contributed by atoms with E-state index in [4.69, 9.17) is 0 Å². The van der Waals surface area contributed by atoms with Crippen molar-refractivity contribution in [1.82, 2.24) is 15.0 Å². The van der Waals surface area contributed by atoms with Gasteiger partial charge in [0.2, 0.25) is 0 Å². The van der Waals surface area contributed by atoms with Gasteiger partial charge < -0.3 is 15.2 Å². The third kappa shape index (κ3) is 6.36. The number of aromatic nitrogens is 3. The fourth-order valence-electron chi connectivity index (χ4n) is 3.05. The van der Waals surface area contributed by atoms with Gasteiger partial charge in [0.25, 0.3) is 0 Å². The Labute approximate surface area is 206 Å². The van der Waals surface area contributed by atoms with E-state index in [9.17, 15) is 22.5 Å². The van der Waals surface area contributed by atoms with Crippen LogP contribution in [0, 0.1) is 0 Å². The van der Waals surface area contributed by atoms with Crippen LogP contribution < -0.4 is 20.6 Å². The van der Waals surface area contributed by atoms with Gasteiger partial charge in [0, 0.05) is 29.7 Å². The Balaban J connectivity index is 1.33. The third-order valence-corrected chi connectivity index (χ3v) is 9.40. The van der Waals surface area contributed by atoms with Crippen molar-refractivity contribution in [2.45, 2.75) is 12.6 Å².